The topological polar surface area (TPSA) is 112 Å². The highest BCUT2D eigenvalue weighted by molar-refractivity contribution is 6.06. The lowest BCUT2D eigenvalue weighted by molar-refractivity contribution is -0.131. The van der Waals surface area contributed by atoms with Crippen LogP contribution in [0.1, 0.15) is 16.1 Å². The highest BCUT2D eigenvalue weighted by atomic mass is 19.1. The summed E-state index contributed by atoms with van der Waals surface area (Å²) in [6.45, 7) is 6.36. The van der Waals surface area contributed by atoms with Crippen molar-refractivity contribution in [3.8, 4) is 22.8 Å². The van der Waals surface area contributed by atoms with Crippen LogP contribution in [0.15, 0.2) is 49.3 Å². The van der Waals surface area contributed by atoms with E-state index < -0.39 is 5.82 Å². The number of carbonyl (C=O) groups excluding carboxylic acids is 2. The maximum absolute atomic E-state index is 14.5. The molecule has 0 saturated carbocycles. The number of aromatic nitrogens is 2. The Labute approximate surface area is 225 Å². The maximum Gasteiger partial charge on any atom is 0.255 e. The van der Waals surface area contributed by atoms with E-state index in [1.807, 2.05) is 7.05 Å². The van der Waals surface area contributed by atoms with Gasteiger partial charge in [-0.2, -0.15) is 0 Å². The van der Waals surface area contributed by atoms with Gasteiger partial charge >= 0.3 is 0 Å². The summed E-state index contributed by atoms with van der Waals surface area (Å²) in [7, 11) is 3.40. The quantitative estimate of drug-likeness (QED) is 0.381. The first-order chi connectivity index (χ1) is 18.9. The first-order valence-electron chi connectivity index (χ1n) is 12.7. The lowest BCUT2D eigenvalue weighted by atomic mass is 10.0. The third-order valence-electron chi connectivity index (χ3n) is 7.02. The molecule has 1 aromatic carbocycles. The van der Waals surface area contributed by atoms with Gasteiger partial charge in [-0.3, -0.25) is 14.6 Å². The van der Waals surface area contributed by atoms with E-state index in [0.29, 0.717) is 60.0 Å². The summed E-state index contributed by atoms with van der Waals surface area (Å²) in [5.41, 5.74) is 3.31. The van der Waals surface area contributed by atoms with Crippen molar-refractivity contribution in [2.24, 2.45) is 0 Å². The third-order valence-corrected chi connectivity index (χ3v) is 7.02. The molecule has 1 saturated heterocycles. The number of fused-ring (bicyclic) bond motifs is 1. The third kappa shape index (κ3) is 5.17. The molecular formula is C28H31FN6O4. The van der Waals surface area contributed by atoms with Gasteiger partial charge in [-0.05, 0) is 31.3 Å². The van der Waals surface area contributed by atoms with E-state index in [0.717, 1.165) is 12.2 Å². The number of nitrogens with zero attached hydrogens (tertiary/aromatic N) is 3. The summed E-state index contributed by atoms with van der Waals surface area (Å²) >= 11 is 0. The summed E-state index contributed by atoms with van der Waals surface area (Å²) in [6.07, 6.45) is 5.16. The number of likely N-dealkylation sites (N-methyl/N-ethyl adjacent to an activating group) is 1. The number of methoxy groups -OCH3 is 1. The van der Waals surface area contributed by atoms with Crippen LogP contribution in [0.2, 0.25) is 0 Å². The number of pyridine rings is 1. The molecule has 0 aliphatic carbocycles. The number of H-pyrrole nitrogens is 1. The molecule has 10 nitrogen and oxygen atoms in total. The molecule has 3 aromatic rings. The SMILES string of the molecule is C=CC(=O)N1CCN(C)C[C@@H]1COc1cnccc1-c1[nH]c2c(c1Nc1cccc(F)c1OC)C(=O)NCC2. The molecule has 204 valence electrons. The van der Waals surface area contributed by atoms with Crippen molar-refractivity contribution in [1.82, 2.24) is 25.1 Å². The van der Waals surface area contributed by atoms with Crippen LogP contribution in [0, 0.1) is 5.82 Å². The molecule has 4 heterocycles. The summed E-state index contributed by atoms with van der Waals surface area (Å²) in [4.78, 5) is 37.0. The molecule has 2 amide bonds. The number of para-hydroxylation sites is 1. The summed E-state index contributed by atoms with van der Waals surface area (Å²) < 4.78 is 26.1. The average molecular weight is 535 g/mol. The van der Waals surface area contributed by atoms with Crippen LogP contribution >= 0.6 is 0 Å². The van der Waals surface area contributed by atoms with E-state index in [9.17, 15) is 14.0 Å². The fraction of sp³-hybridized carbons (Fsp3) is 0.321. The standard InChI is InChI=1S/C28H31FN6O4/c1-4-23(36)35-13-12-34(2)15-17(35)16-39-22-14-30-10-8-18(22)25-26(24-20(32-25)9-11-31-28(24)37)33-21-7-5-6-19(29)27(21)38-3/h4-8,10,14,17,32-33H,1,9,11-13,15-16H2,2-3H3,(H,31,37)/t17-/m1/s1. The van der Waals surface area contributed by atoms with Gasteiger partial charge in [-0.1, -0.05) is 12.6 Å². The molecule has 11 heteroatoms. The molecule has 0 spiro atoms. The second kappa shape index (κ2) is 11.2. The van der Waals surface area contributed by atoms with Gasteiger partial charge in [0.1, 0.15) is 12.4 Å². The Balaban J connectivity index is 1.52. The number of carbonyl (C=O) groups is 2. The Morgan fingerprint density at radius 3 is 2.97 bits per heavy atom. The zero-order chi connectivity index (χ0) is 27.5. The lowest BCUT2D eigenvalue weighted by Crippen LogP contribution is -2.55. The van der Waals surface area contributed by atoms with Gasteiger partial charge in [0.25, 0.3) is 5.91 Å². The van der Waals surface area contributed by atoms with Gasteiger partial charge in [0.05, 0.1) is 42.0 Å². The first-order valence-corrected chi connectivity index (χ1v) is 12.7. The minimum absolute atomic E-state index is 0.0363. The number of benzene rings is 1. The van der Waals surface area contributed by atoms with Crippen molar-refractivity contribution in [3.05, 3.63) is 66.4 Å². The first kappa shape index (κ1) is 26.2. The van der Waals surface area contributed by atoms with Gasteiger partial charge in [-0.15, -0.1) is 0 Å². The Bertz CT molecular complexity index is 1410. The van der Waals surface area contributed by atoms with Crippen molar-refractivity contribution in [3.63, 3.8) is 0 Å². The molecule has 0 radical (unpaired) electrons. The zero-order valence-corrected chi connectivity index (χ0v) is 21.9. The van der Waals surface area contributed by atoms with Crippen molar-refractivity contribution in [1.29, 1.82) is 0 Å². The number of hydrogen-bond donors (Lipinski definition) is 3. The second-order valence-corrected chi connectivity index (χ2v) is 9.51. The van der Waals surface area contributed by atoms with Crippen LogP contribution in [0.5, 0.6) is 11.5 Å². The smallest absolute Gasteiger partial charge is 0.255 e. The van der Waals surface area contributed by atoms with Crippen LogP contribution < -0.4 is 20.1 Å². The zero-order valence-electron chi connectivity index (χ0n) is 21.9. The number of hydrogen-bond acceptors (Lipinski definition) is 7. The van der Waals surface area contributed by atoms with E-state index >= 15 is 0 Å². The van der Waals surface area contributed by atoms with Gasteiger partial charge in [0, 0.05) is 50.1 Å². The molecular weight excluding hydrogens is 503 g/mol. The number of nitrogens with one attached hydrogen (secondary N) is 3. The molecule has 2 aliphatic heterocycles. The van der Waals surface area contributed by atoms with Crippen molar-refractivity contribution < 1.29 is 23.5 Å². The largest absolute Gasteiger partial charge is 0.492 e. The molecule has 3 N–H and O–H groups in total. The van der Waals surface area contributed by atoms with Crippen molar-refractivity contribution in [2.75, 3.05) is 52.3 Å². The van der Waals surface area contributed by atoms with Gasteiger partial charge in [-0.25, -0.2) is 4.39 Å². The van der Waals surface area contributed by atoms with E-state index in [2.05, 4.69) is 32.1 Å². The molecule has 1 atom stereocenters. The lowest BCUT2D eigenvalue weighted by Gasteiger charge is -2.39. The fourth-order valence-corrected chi connectivity index (χ4v) is 5.10. The van der Waals surface area contributed by atoms with Gasteiger partial charge in [0.2, 0.25) is 5.91 Å². The van der Waals surface area contributed by atoms with E-state index in [1.165, 1.54) is 19.3 Å². The number of ether oxygens (including phenoxy) is 2. The Morgan fingerprint density at radius 2 is 2.18 bits per heavy atom. The number of aromatic amines is 1. The van der Waals surface area contributed by atoms with E-state index in [1.54, 1.807) is 35.5 Å². The number of anilines is 2. The van der Waals surface area contributed by atoms with Crippen molar-refractivity contribution >= 4 is 23.2 Å². The monoisotopic (exact) mass is 534 g/mol. The predicted octanol–water partition coefficient (Wildman–Crippen LogP) is 2.96. The average Bonchev–Trinajstić information content (AvgIpc) is 3.31. The van der Waals surface area contributed by atoms with Crippen LogP contribution in [-0.4, -0.2) is 84.6 Å². The second-order valence-electron chi connectivity index (χ2n) is 9.51. The molecule has 2 aromatic heterocycles. The molecule has 5 rings (SSSR count). The van der Waals surface area contributed by atoms with Crippen LogP contribution in [0.4, 0.5) is 15.8 Å². The molecule has 0 bridgehead atoms. The van der Waals surface area contributed by atoms with Gasteiger partial charge < -0.3 is 34.9 Å². The Kier molecular flexibility index (Phi) is 7.51. The molecule has 1 fully saturated rings. The Hall–Kier alpha value is -4.38. The normalized spacial score (nSPS) is 17.3. The number of halogens is 1. The highest BCUT2D eigenvalue weighted by Crippen LogP contribution is 2.42. The fourth-order valence-electron chi connectivity index (χ4n) is 5.10. The number of rotatable bonds is 8. The Morgan fingerprint density at radius 1 is 1.33 bits per heavy atom. The van der Waals surface area contributed by atoms with Crippen molar-refractivity contribution in [2.45, 2.75) is 12.5 Å². The molecule has 2 aliphatic rings. The highest BCUT2D eigenvalue weighted by Gasteiger charge is 2.31. The summed E-state index contributed by atoms with van der Waals surface area (Å²) in [5, 5.41) is 6.11. The van der Waals surface area contributed by atoms with Crippen LogP contribution in [0.25, 0.3) is 11.3 Å². The van der Waals surface area contributed by atoms with Crippen LogP contribution in [-0.2, 0) is 11.2 Å². The molecule has 39 heavy (non-hydrogen) atoms. The van der Waals surface area contributed by atoms with E-state index in [4.69, 9.17) is 9.47 Å². The number of amides is 2. The summed E-state index contributed by atoms with van der Waals surface area (Å²) in [5.74, 6) is -0.389. The predicted molar refractivity (Wildman–Crippen MR) is 145 cm³/mol. The number of piperazine rings is 1. The minimum atomic E-state index is -0.526. The van der Waals surface area contributed by atoms with Gasteiger partial charge in [0.15, 0.2) is 11.6 Å². The van der Waals surface area contributed by atoms with Crippen LogP contribution in [0.3, 0.4) is 0 Å². The molecule has 0 unspecified atom stereocenters. The minimum Gasteiger partial charge on any atom is -0.492 e. The summed E-state index contributed by atoms with van der Waals surface area (Å²) in [6, 6.07) is 6.16. The maximum atomic E-state index is 14.5. The van der Waals surface area contributed by atoms with E-state index in [-0.39, 0.29) is 30.2 Å².